The number of halogens is 1. The molecule has 0 bridgehead atoms. The minimum atomic E-state index is -3.67. The number of likely N-dealkylation sites (N-methyl/N-ethyl adjacent to an activating group) is 1. The molecule has 2 N–H and O–H groups in total. The zero-order valence-electron chi connectivity index (χ0n) is 24.0. The minimum absolute atomic E-state index is 0.00943. The van der Waals surface area contributed by atoms with E-state index >= 15 is 4.39 Å². The van der Waals surface area contributed by atoms with Gasteiger partial charge in [-0.3, -0.25) is 14.5 Å². The number of benzene rings is 1. The first-order valence-electron chi connectivity index (χ1n) is 13.8. The summed E-state index contributed by atoms with van der Waals surface area (Å²) in [7, 11) is -1.93. The molecule has 41 heavy (non-hydrogen) atoms. The third-order valence-electron chi connectivity index (χ3n) is 7.67. The summed E-state index contributed by atoms with van der Waals surface area (Å²) < 4.78 is 53.6. The zero-order valence-corrected chi connectivity index (χ0v) is 24.8. The molecule has 10 nitrogen and oxygen atoms in total. The highest BCUT2D eigenvalue weighted by Crippen LogP contribution is 2.57. The number of ether oxygens (including phenoxy) is 2. The fraction of sp³-hybridized carbons (Fsp3) is 0.483. The molecular formula is C29H36FN5O5S. The number of anilines is 2. The largest absolute Gasteiger partial charge is 0.475 e. The molecule has 5 rings (SSSR count). The smallest absolute Gasteiger partial charge is 0.238 e. The number of fused-ring (bicyclic) bond motifs is 4. The summed E-state index contributed by atoms with van der Waals surface area (Å²) in [5.41, 5.74) is 1.98. The van der Waals surface area contributed by atoms with Crippen LogP contribution in [0.4, 0.5) is 15.8 Å². The number of pyridine rings is 2. The highest BCUT2D eigenvalue weighted by molar-refractivity contribution is 7.92. The number of nitrogens with one attached hydrogen (secondary N) is 2. The van der Waals surface area contributed by atoms with E-state index in [4.69, 9.17) is 9.47 Å². The maximum Gasteiger partial charge on any atom is 0.238 e. The van der Waals surface area contributed by atoms with Gasteiger partial charge < -0.3 is 19.7 Å². The monoisotopic (exact) mass is 585 g/mol. The van der Waals surface area contributed by atoms with Crippen LogP contribution in [0, 0.1) is 11.7 Å². The van der Waals surface area contributed by atoms with Crippen molar-refractivity contribution in [2.45, 2.75) is 45.1 Å². The number of carbonyl (C=O) groups is 1. The Morgan fingerprint density at radius 2 is 1.95 bits per heavy atom. The molecule has 0 saturated heterocycles. The van der Waals surface area contributed by atoms with Gasteiger partial charge in [-0.2, -0.15) is 0 Å². The maximum absolute atomic E-state index is 15.6. The molecule has 2 aliphatic rings. The summed E-state index contributed by atoms with van der Waals surface area (Å²) in [5.74, 6) is -0.176. The Morgan fingerprint density at radius 1 is 1.20 bits per heavy atom. The lowest BCUT2D eigenvalue weighted by molar-refractivity contribution is -0.128. The van der Waals surface area contributed by atoms with Crippen LogP contribution < -0.4 is 19.7 Å². The van der Waals surface area contributed by atoms with Crippen LogP contribution in [0.15, 0.2) is 30.6 Å². The average Bonchev–Trinajstić information content (AvgIpc) is 3.11. The van der Waals surface area contributed by atoms with Crippen LogP contribution in [0.5, 0.6) is 5.88 Å². The minimum Gasteiger partial charge on any atom is -0.475 e. The Hall–Kier alpha value is -3.35. The van der Waals surface area contributed by atoms with Crippen molar-refractivity contribution in [2.24, 2.45) is 5.92 Å². The topological polar surface area (TPSA) is 123 Å². The lowest BCUT2D eigenvalue weighted by Crippen LogP contribution is -2.50. The van der Waals surface area contributed by atoms with E-state index in [-0.39, 0.29) is 41.6 Å². The molecule has 1 amide bonds. The van der Waals surface area contributed by atoms with E-state index in [1.54, 1.807) is 24.2 Å². The van der Waals surface area contributed by atoms with E-state index in [1.165, 1.54) is 18.3 Å². The molecule has 1 aliphatic heterocycles. The van der Waals surface area contributed by atoms with E-state index in [9.17, 15) is 13.2 Å². The van der Waals surface area contributed by atoms with Gasteiger partial charge in [-0.1, -0.05) is 13.8 Å². The second kappa shape index (κ2) is 11.1. The zero-order chi connectivity index (χ0) is 29.5. The molecule has 2 aromatic heterocycles. The first kappa shape index (κ1) is 29.2. The van der Waals surface area contributed by atoms with Crippen molar-refractivity contribution in [3.8, 4) is 17.0 Å². The van der Waals surface area contributed by atoms with Gasteiger partial charge in [0, 0.05) is 67.2 Å². The van der Waals surface area contributed by atoms with Crippen LogP contribution in [-0.4, -0.2) is 70.0 Å². The van der Waals surface area contributed by atoms with E-state index in [1.807, 2.05) is 20.8 Å². The summed E-state index contributed by atoms with van der Waals surface area (Å²) >= 11 is 0. The predicted octanol–water partition coefficient (Wildman–Crippen LogP) is 3.84. The number of sulfonamides is 1. The van der Waals surface area contributed by atoms with Crippen molar-refractivity contribution in [1.82, 2.24) is 15.3 Å². The van der Waals surface area contributed by atoms with Crippen LogP contribution in [-0.2, 0) is 25.0 Å². The standard InChI is InChI=1S/C29H36FN5O5S/c1-6-39-16-18-12-29(13-18)26-21-10-20(22(30)11-23(21)32-15-25(26)35(4)28(29)36)19-9-24(34-41(5,37)38)27(33-14-19)40-8-7-31-17(2)3/h9-11,14-15,17-18,31,34H,6-8,12-13,16H2,1-5H3/t18-,29-. The molecule has 3 aromatic rings. The van der Waals surface area contributed by atoms with Crippen LogP contribution >= 0.6 is 0 Å². The lowest BCUT2D eigenvalue weighted by Gasteiger charge is -2.44. The predicted molar refractivity (Wildman–Crippen MR) is 156 cm³/mol. The Kier molecular flexibility index (Phi) is 7.92. The highest BCUT2D eigenvalue weighted by atomic mass is 32.2. The maximum atomic E-state index is 15.6. The van der Waals surface area contributed by atoms with E-state index in [0.29, 0.717) is 54.8 Å². The third kappa shape index (κ3) is 5.60. The van der Waals surface area contributed by atoms with Gasteiger partial charge in [-0.25, -0.2) is 17.8 Å². The Labute approximate surface area is 239 Å². The van der Waals surface area contributed by atoms with E-state index < -0.39 is 21.3 Å². The molecule has 1 aromatic carbocycles. The normalized spacial score (nSPS) is 20.1. The molecule has 12 heteroatoms. The number of aromatic nitrogens is 2. The Bertz CT molecular complexity index is 1590. The summed E-state index contributed by atoms with van der Waals surface area (Å²) in [5, 5.41) is 3.90. The van der Waals surface area contributed by atoms with E-state index in [2.05, 4.69) is 20.0 Å². The molecule has 1 spiro atoms. The van der Waals surface area contributed by atoms with Gasteiger partial charge in [0.1, 0.15) is 18.1 Å². The molecule has 1 aliphatic carbocycles. The van der Waals surface area contributed by atoms with E-state index in [0.717, 1.165) is 11.8 Å². The van der Waals surface area contributed by atoms with Crippen LogP contribution in [0.3, 0.4) is 0 Å². The first-order chi connectivity index (χ1) is 19.4. The SMILES string of the molecule is CCOC[C@H]1C[C@@]2(C1)C(=O)N(C)c1cnc3cc(F)c(-c4cnc(OCCNC(C)C)c(NS(C)(=O)=O)c4)cc3c12. The Morgan fingerprint density at radius 3 is 2.63 bits per heavy atom. The lowest BCUT2D eigenvalue weighted by atomic mass is 9.58. The quantitative estimate of drug-likeness (QED) is 0.326. The van der Waals surface area contributed by atoms with Gasteiger partial charge in [-0.15, -0.1) is 0 Å². The molecule has 0 atom stereocenters. The molecular weight excluding hydrogens is 549 g/mol. The van der Waals surface area contributed by atoms with Crippen molar-refractivity contribution in [3.05, 3.63) is 42.0 Å². The number of hydrogen-bond donors (Lipinski definition) is 2. The number of amides is 1. The van der Waals surface area contributed by atoms with Crippen molar-refractivity contribution < 1.29 is 27.1 Å². The second-order valence-corrected chi connectivity index (χ2v) is 12.9. The molecule has 1 saturated carbocycles. The molecule has 1 fully saturated rings. The van der Waals surface area contributed by atoms with Gasteiger partial charge >= 0.3 is 0 Å². The average molecular weight is 586 g/mol. The summed E-state index contributed by atoms with van der Waals surface area (Å²) in [6.45, 7) is 7.97. The fourth-order valence-corrected chi connectivity index (χ4v) is 6.45. The second-order valence-electron chi connectivity index (χ2n) is 11.2. The summed E-state index contributed by atoms with van der Waals surface area (Å²) in [6, 6.07) is 4.81. The van der Waals surface area contributed by atoms with Gasteiger partial charge in [-0.05, 0) is 37.8 Å². The van der Waals surface area contributed by atoms with Crippen LogP contribution in [0.1, 0.15) is 39.2 Å². The van der Waals surface area contributed by atoms with Crippen molar-refractivity contribution in [2.75, 3.05) is 49.3 Å². The third-order valence-corrected chi connectivity index (χ3v) is 8.26. The highest BCUT2D eigenvalue weighted by Gasteiger charge is 2.58. The molecule has 0 radical (unpaired) electrons. The molecule has 220 valence electrons. The van der Waals surface area contributed by atoms with Crippen molar-refractivity contribution >= 4 is 38.2 Å². The number of nitrogens with zero attached hydrogens (tertiary/aromatic N) is 3. The van der Waals surface area contributed by atoms with Gasteiger partial charge in [0.15, 0.2) is 0 Å². The Balaban J connectivity index is 1.56. The molecule has 3 heterocycles. The van der Waals surface area contributed by atoms with Gasteiger partial charge in [0.05, 0.1) is 29.1 Å². The summed E-state index contributed by atoms with van der Waals surface area (Å²) in [6.07, 6.45) is 5.41. The van der Waals surface area contributed by atoms with Crippen molar-refractivity contribution in [1.29, 1.82) is 0 Å². The number of hydrogen-bond acceptors (Lipinski definition) is 8. The van der Waals surface area contributed by atoms with Crippen molar-refractivity contribution in [3.63, 3.8) is 0 Å². The first-order valence-corrected chi connectivity index (χ1v) is 15.7. The summed E-state index contributed by atoms with van der Waals surface area (Å²) in [4.78, 5) is 23.9. The molecule has 0 unspecified atom stereocenters. The fourth-order valence-electron chi connectivity index (χ4n) is 5.91. The van der Waals surface area contributed by atoms with Crippen LogP contribution in [0.25, 0.3) is 22.0 Å². The van der Waals surface area contributed by atoms with Gasteiger partial charge in [0.2, 0.25) is 21.8 Å². The number of rotatable bonds is 11. The number of carbonyl (C=O) groups excluding carboxylic acids is 1. The van der Waals surface area contributed by atoms with Crippen LogP contribution in [0.2, 0.25) is 0 Å². The van der Waals surface area contributed by atoms with Gasteiger partial charge in [0.25, 0.3) is 0 Å².